The van der Waals surface area contributed by atoms with Gasteiger partial charge in [-0.15, -0.1) is 11.3 Å². The summed E-state index contributed by atoms with van der Waals surface area (Å²) in [7, 11) is 0. The van der Waals surface area contributed by atoms with Crippen molar-refractivity contribution >= 4 is 33.8 Å². The van der Waals surface area contributed by atoms with E-state index < -0.39 is 0 Å². The Bertz CT molecular complexity index is 1280. The second-order valence-corrected chi connectivity index (χ2v) is 8.60. The minimum Gasteiger partial charge on any atom is -0.326 e. The number of para-hydroxylation sites is 1. The summed E-state index contributed by atoms with van der Waals surface area (Å²) in [5.41, 5.74) is 3.40. The zero-order valence-electron chi connectivity index (χ0n) is 18.1. The quantitative estimate of drug-likeness (QED) is 0.428. The van der Waals surface area contributed by atoms with Crippen LogP contribution in [0.3, 0.4) is 0 Å². The molecular weight excluding hydrogens is 422 g/mol. The number of thiazole rings is 1. The lowest BCUT2D eigenvalue weighted by Gasteiger charge is -2.18. The summed E-state index contributed by atoms with van der Waals surface area (Å²) < 4.78 is 0. The first-order chi connectivity index (χ1) is 15.5. The average Bonchev–Trinajstić information content (AvgIpc) is 3.21. The number of hydrogen-bond acceptors (Lipinski definition) is 6. The monoisotopic (exact) mass is 447 g/mol. The van der Waals surface area contributed by atoms with E-state index in [0.717, 1.165) is 28.5 Å². The molecule has 2 heterocycles. The zero-order chi connectivity index (χ0) is 22.5. The fraction of sp³-hybridized carbons (Fsp3) is 0.250. The molecule has 4 aromatic rings. The lowest BCUT2D eigenvalue weighted by atomic mass is 10.2. The molecule has 0 atom stereocenters. The van der Waals surface area contributed by atoms with Crippen LogP contribution in [0.5, 0.6) is 0 Å². The average molecular weight is 448 g/mol. The number of fused-ring (bicyclic) bond motifs is 1. The van der Waals surface area contributed by atoms with Crippen molar-refractivity contribution in [1.29, 1.82) is 0 Å². The molecular formula is C24H25N5O2S. The van der Waals surface area contributed by atoms with Gasteiger partial charge < -0.3 is 10.3 Å². The topological polar surface area (TPSA) is 91.0 Å². The van der Waals surface area contributed by atoms with Gasteiger partial charge in [0.15, 0.2) is 0 Å². The van der Waals surface area contributed by atoms with Gasteiger partial charge in [-0.05, 0) is 37.7 Å². The number of benzene rings is 2. The molecule has 0 unspecified atom stereocenters. The van der Waals surface area contributed by atoms with Crippen LogP contribution in [0.1, 0.15) is 29.0 Å². The van der Waals surface area contributed by atoms with E-state index in [-0.39, 0.29) is 17.9 Å². The maximum absolute atomic E-state index is 12.3. The number of anilines is 1. The van der Waals surface area contributed by atoms with Crippen LogP contribution < -0.4 is 10.9 Å². The van der Waals surface area contributed by atoms with Gasteiger partial charge in [0.1, 0.15) is 10.8 Å². The Morgan fingerprint density at radius 3 is 2.66 bits per heavy atom. The molecule has 4 rings (SSSR count). The number of aromatic nitrogens is 3. The fourth-order valence-electron chi connectivity index (χ4n) is 3.41. The van der Waals surface area contributed by atoms with Crippen LogP contribution in [0.4, 0.5) is 5.69 Å². The van der Waals surface area contributed by atoms with E-state index >= 15 is 0 Å². The Labute approximate surface area is 190 Å². The molecule has 0 aliphatic heterocycles. The van der Waals surface area contributed by atoms with Gasteiger partial charge in [-0.2, -0.15) is 0 Å². The highest BCUT2D eigenvalue weighted by Gasteiger charge is 2.13. The van der Waals surface area contributed by atoms with E-state index in [1.54, 1.807) is 6.07 Å². The number of nitrogens with zero attached hydrogens (tertiary/aromatic N) is 3. The van der Waals surface area contributed by atoms with Crippen LogP contribution in [-0.2, 0) is 24.3 Å². The van der Waals surface area contributed by atoms with Gasteiger partial charge in [0.2, 0.25) is 5.91 Å². The molecule has 0 bridgehead atoms. The number of carbonyl (C=O) groups is 1. The third-order valence-corrected chi connectivity index (χ3v) is 6.01. The predicted octanol–water partition coefficient (Wildman–Crippen LogP) is 3.89. The van der Waals surface area contributed by atoms with Gasteiger partial charge in [-0.25, -0.2) is 9.97 Å². The van der Waals surface area contributed by atoms with E-state index in [0.29, 0.717) is 29.8 Å². The Morgan fingerprint density at radius 2 is 1.88 bits per heavy atom. The third kappa shape index (κ3) is 5.46. The van der Waals surface area contributed by atoms with Crippen molar-refractivity contribution in [3.63, 3.8) is 0 Å². The number of amides is 1. The van der Waals surface area contributed by atoms with E-state index in [1.807, 2.05) is 54.8 Å². The first kappa shape index (κ1) is 21.9. The van der Waals surface area contributed by atoms with E-state index in [9.17, 15) is 9.59 Å². The summed E-state index contributed by atoms with van der Waals surface area (Å²) in [6, 6.07) is 15.0. The number of nitrogens with one attached hydrogen (secondary N) is 2. The van der Waals surface area contributed by atoms with Gasteiger partial charge in [0.05, 0.1) is 29.6 Å². The molecule has 8 heteroatoms. The zero-order valence-corrected chi connectivity index (χ0v) is 18.9. The lowest BCUT2D eigenvalue weighted by molar-refractivity contribution is -0.115. The molecule has 2 N–H and O–H groups in total. The molecule has 0 saturated carbocycles. The predicted molar refractivity (Wildman–Crippen MR) is 128 cm³/mol. The molecule has 7 nitrogen and oxygen atoms in total. The molecule has 2 aromatic carbocycles. The van der Waals surface area contributed by atoms with Gasteiger partial charge in [0, 0.05) is 17.6 Å². The molecule has 1 amide bonds. The van der Waals surface area contributed by atoms with Crippen LogP contribution in [-0.4, -0.2) is 32.3 Å². The maximum Gasteiger partial charge on any atom is 0.258 e. The molecule has 32 heavy (non-hydrogen) atoms. The normalized spacial score (nSPS) is 11.2. The van der Waals surface area contributed by atoms with Crippen LogP contribution in [0, 0.1) is 6.92 Å². The van der Waals surface area contributed by atoms with Gasteiger partial charge in [0.25, 0.3) is 5.56 Å². The highest BCUT2D eigenvalue weighted by Crippen LogP contribution is 2.15. The third-order valence-electron chi connectivity index (χ3n) is 5.11. The van der Waals surface area contributed by atoms with Crippen molar-refractivity contribution in [2.75, 3.05) is 11.9 Å². The molecule has 2 aromatic heterocycles. The second kappa shape index (κ2) is 9.84. The lowest BCUT2D eigenvalue weighted by Crippen LogP contribution is -2.25. The molecule has 0 aliphatic carbocycles. The van der Waals surface area contributed by atoms with E-state index in [2.05, 4.69) is 32.1 Å². The number of aromatic amines is 1. The first-order valence-electron chi connectivity index (χ1n) is 10.5. The molecule has 0 aliphatic rings. The summed E-state index contributed by atoms with van der Waals surface area (Å²) in [4.78, 5) is 38.9. The maximum atomic E-state index is 12.3. The number of carbonyl (C=O) groups excluding carboxylic acids is 1. The summed E-state index contributed by atoms with van der Waals surface area (Å²) in [6.07, 6.45) is 0.240. The van der Waals surface area contributed by atoms with Crippen molar-refractivity contribution in [3.8, 4) is 0 Å². The van der Waals surface area contributed by atoms with Crippen molar-refractivity contribution in [3.05, 3.63) is 86.4 Å². The summed E-state index contributed by atoms with van der Waals surface area (Å²) in [5.74, 6) is 0.545. The Kier molecular flexibility index (Phi) is 6.72. The molecule has 0 fully saturated rings. The fourth-order valence-corrected chi connectivity index (χ4v) is 4.20. The number of rotatable bonds is 8. The van der Waals surface area contributed by atoms with E-state index in [4.69, 9.17) is 0 Å². The van der Waals surface area contributed by atoms with Crippen molar-refractivity contribution in [2.24, 2.45) is 0 Å². The van der Waals surface area contributed by atoms with Gasteiger partial charge >= 0.3 is 0 Å². The summed E-state index contributed by atoms with van der Waals surface area (Å²) in [5, 5.41) is 6.25. The Balaban J connectivity index is 1.37. The largest absolute Gasteiger partial charge is 0.326 e. The number of aryl methyl sites for hydroxylation is 1. The Hall–Kier alpha value is -3.36. The number of H-pyrrole nitrogens is 1. The van der Waals surface area contributed by atoms with Crippen molar-refractivity contribution in [2.45, 2.75) is 33.4 Å². The minimum absolute atomic E-state index is 0.0833. The van der Waals surface area contributed by atoms with Crippen molar-refractivity contribution in [1.82, 2.24) is 19.9 Å². The second-order valence-electron chi connectivity index (χ2n) is 7.66. The molecule has 0 saturated heterocycles. The Morgan fingerprint density at radius 1 is 1.09 bits per heavy atom. The summed E-state index contributed by atoms with van der Waals surface area (Å²) >= 11 is 1.48. The van der Waals surface area contributed by atoms with Crippen LogP contribution in [0.25, 0.3) is 10.9 Å². The molecule has 0 radical (unpaired) electrons. The highest BCUT2D eigenvalue weighted by molar-refractivity contribution is 7.09. The van der Waals surface area contributed by atoms with Crippen LogP contribution in [0.15, 0.2) is 58.7 Å². The van der Waals surface area contributed by atoms with Crippen LogP contribution >= 0.6 is 11.3 Å². The highest BCUT2D eigenvalue weighted by atomic mass is 32.1. The van der Waals surface area contributed by atoms with E-state index in [1.165, 1.54) is 11.3 Å². The smallest absolute Gasteiger partial charge is 0.258 e. The van der Waals surface area contributed by atoms with Crippen molar-refractivity contribution < 1.29 is 4.79 Å². The minimum atomic E-state index is -0.128. The standard InChI is InChI=1S/C24H25N5O2S/c1-3-29(14-21-27-20-7-5-4-6-19(20)24(31)28-21)13-18-15-32-23(26-18)12-22(30)25-17-10-8-16(2)9-11-17/h4-11,15H,3,12-14H2,1-2H3,(H,25,30)(H,27,28,31). The first-order valence-corrected chi connectivity index (χ1v) is 11.4. The SMILES string of the molecule is CCN(Cc1csc(CC(=O)Nc2ccc(C)cc2)n1)Cc1nc2ccccc2c(=O)[nH]1. The summed E-state index contributed by atoms with van der Waals surface area (Å²) in [6.45, 7) is 5.97. The number of hydrogen-bond donors (Lipinski definition) is 2. The van der Waals surface area contributed by atoms with Crippen LogP contribution in [0.2, 0.25) is 0 Å². The molecule has 0 spiro atoms. The van der Waals surface area contributed by atoms with Gasteiger partial charge in [-0.3, -0.25) is 14.5 Å². The molecule has 164 valence electrons. The van der Waals surface area contributed by atoms with Gasteiger partial charge in [-0.1, -0.05) is 36.8 Å².